The molecule has 0 amide bonds. The predicted octanol–water partition coefficient (Wildman–Crippen LogP) is 15.1. The SMILES string of the molecule is CC(C)NC(c1ccc(F)c(F)c1)C(F)(F)F.CC(C)NC1CCC1(F)F.CC(C)NC1CCCCC1(F)F.Cc1ccc(C(NC(C)C)C(F)(F)F)cc1.Cc1cccc(C(NC(C)C)C(F)(F)F)c1. The summed E-state index contributed by atoms with van der Waals surface area (Å²) in [7, 11) is 0. The van der Waals surface area contributed by atoms with Crippen molar-refractivity contribution in [3.05, 3.63) is 106 Å². The average Bonchev–Trinajstić information content (AvgIpc) is 3.21. The number of alkyl halides is 13. The van der Waals surface area contributed by atoms with Crippen LogP contribution in [0.15, 0.2) is 66.7 Å². The maximum atomic E-state index is 13.2. The Bertz CT molecular complexity index is 1950. The lowest BCUT2D eigenvalue weighted by atomic mass is 9.87. The molecule has 0 saturated heterocycles. The Hall–Kier alpha value is -3.59. The van der Waals surface area contributed by atoms with Gasteiger partial charge in [-0.05, 0) is 61.9 Å². The van der Waals surface area contributed by atoms with Gasteiger partial charge in [0.15, 0.2) is 11.6 Å². The van der Waals surface area contributed by atoms with Crippen molar-refractivity contribution in [3.8, 4) is 0 Å². The fourth-order valence-electron chi connectivity index (χ4n) is 7.26. The predicted molar refractivity (Wildman–Crippen MR) is 252 cm³/mol. The van der Waals surface area contributed by atoms with Crippen LogP contribution < -0.4 is 26.6 Å². The molecular formula is C51H74F15N5. The van der Waals surface area contributed by atoms with Crippen molar-refractivity contribution in [1.82, 2.24) is 26.6 Å². The number of hydrogen-bond donors (Lipinski definition) is 5. The smallest absolute Gasteiger partial charge is 0.306 e. The summed E-state index contributed by atoms with van der Waals surface area (Å²) in [4.78, 5) is 0. The van der Waals surface area contributed by atoms with Gasteiger partial charge in [0, 0.05) is 43.1 Å². The Balaban J connectivity index is 0.000000449. The van der Waals surface area contributed by atoms with Crippen LogP contribution in [0.5, 0.6) is 0 Å². The third kappa shape index (κ3) is 24.8. The van der Waals surface area contributed by atoms with Crippen LogP contribution >= 0.6 is 0 Å². The largest absolute Gasteiger partial charge is 0.407 e. The molecule has 2 aliphatic carbocycles. The van der Waals surface area contributed by atoms with Gasteiger partial charge in [0.05, 0.1) is 12.1 Å². The molecule has 5 atom stereocenters. The quantitative estimate of drug-likeness (QED) is 0.110. The Morgan fingerprint density at radius 3 is 1.15 bits per heavy atom. The van der Waals surface area contributed by atoms with Gasteiger partial charge in [0.25, 0.3) is 11.8 Å². The molecule has 2 aliphatic rings. The van der Waals surface area contributed by atoms with E-state index >= 15 is 0 Å². The van der Waals surface area contributed by atoms with Crippen molar-refractivity contribution in [2.75, 3.05) is 0 Å². The van der Waals surface area contributed by atoms with E-state index in [0.717, 1.165) is 23.6 Å². The molecule has 2 saturated carbocycles. The fraction of sp³-hybridized carbons (Fsp3) is 0.647. The van der Waals surface area contributed by atoms with Crippen LogP contribution in [0.3, 0.4) is 0 Å². The number of rotatable bonds is 13. The Morgan fingerprint density at radius 2 is 0.831 bits per heavy atom. The minimum Gasteiger partial charge on any atom is -0.306 e. The first kappa shape index (κ1) is 65.4. The lowest BCUT2D eigenvalue weighted by Gasteiger charge is -2.38. The molecule has 0 radical (unpaired) electrons. The summed E-state index contributed by atoms with van der Waals surface area (Å²) in [6, 6.07) is 8.19. The van der Waals surface area contributed by atoms with Gasteiger partial charge in [-0.1, -0.05) is 141 Å². The summed E-state index contributed by atoms with van der Waals surface area (Å²) in [6.07, 6.45) is -10.2. The number of benzene rings is 3. The zero-order valence-corrected chi connectivity index (χ0v) is 42.5. The van der Waals surface area contributed by atoms with Gasteiger partial charge < -0.3 is 26.6 Å². The molecule has 5 rings (SSSR count). The van der Waals surface area contributed by atoms with Gasteiger partial charge in [-0.15, -0.1) is 0 Å². The fourth-order valence-corrected chi connectivity index (χ4v) is 7.26. The van der Waals surface area contributed by atoms with Crippen LogP contribution in [0.25, 0.3) is 0 Å². The number of nitrogens with one attached hydrogen (secondary N) is 5. The molecule has 71 heavy (non-hydrogen) atoms. The van der Waals surface area contributed by atoms with Crippen molar-refractivity contribution in [1.29, 1.82) is 0 Å². The second kappa shape index (κ2) is 28.8. The number of hydrogen-bond acceptors (Lipinski definition) is 5. The highest BCUT2D eigenvalue weighted by atomic mass is 19.4. The lowest BCUT2D eigenvalue weighted by Crippen LogP contribution is -2.55. The zero-order chi connectivity index (χ0) is 54.9. The van der Waals surface area contributed by atoms with Crippen LogP contribution in [-0.2, 0) is 0 Å². The van der Waals surface area contributed by atoms with Crippen LogP contribution in [-0.4, -0.2) is 72.7 Å². The molecule has 5 unspecified atom stereocenters. The highest BCUT2D eigenvalue weighted by Crippen LogP contribution is 2.38. The van der Waals surface area contributed by atoms with E-state index in [1.165, 1.54) is 18.2 Å². The molecule has 408 valence electrons. The molecule has 3 aromatic rings. The third-order valence-electron chi connectivity index (χ3n) is 10.7. The molecule has 0 bridgehead atoms. The first-order chi connectivity index (χ1) is 32.4. The molecule has 0 aromatic heterocycles. The normalized spacial score (nSPS) is 19.0. The van der Waals surface area contributed by atoms with Gasteiger partial charge in [0.2, 0.25) is 0 Å². The summed E-state index contributed by atoms with van der Waals surface area (Å²) < 4.78 is 192. The van der Waals surface area contributed by atoms with E-state index in [0.29, 0.717) is 31.4 Å². The minimum absolute atomic E-state index is 0.0530. The van der Waals surface area contributed by atoms with Crippen LogP contribution in [0.1, 0.15) is 154 Å². The first-order valence-electron chi connectivity index (χ1n) is 23.7. The zero-order valence-electron chi connectivity index (χ0n) is 42.5. The van der Waals surface area contributed by atoms with E-state index in [-0.39, 0.29) is 53.7 Å². The highest BCUT2D eigenvalue weighted by molar-refractivity contribution is 5.27. The minimum atomic E-state index is -4.56. The van der Waals surface area contributed by atoms with Crippen molar-refractivity contribution < 1.29 is 65.9 Å². The van der Waals surface area contributed by atoms with Crippen molar-refractivity contribution in [2.24, 2.45) is 0 Å². The maximum Gasteiger partial charge on any atom is 0.407 e. The van der Waals surface area contributed by atoms with Crippen LogP contribution in [0.4, 0.5) is 65.9 Å². The van der Waals surface area contributed by atoms with E-state index in [1.807, 2.05) is 34.6 Å². The standard InChI is InChI=1S/2C12H16F3N.C11H12F5N.C9H17F2N.C7H13F2N/c1-8(2)16-11(12(13,14)15)10-6-4-9(3)5-7-10;1-8(2)16-11(12(13,14)15)10-6-4-5-9(3)7-10;1-6(2)17-10(11(14,15)16)7-3-4-8(12)9(13)5-7;1-7(2)12-8-5-3-4-6-9(8,10)11;1-5(2)10-6-3-4-7(6,8)9/h2*4-8,11,16H,1-3H3;3-6,10,17H,1-2H3;7-8,12H,3-6H2,1-2H3;5-6,10H,3-4H2,1-2H3. The summed E-state index contributed by atoms with van der Waals surface area (Å²) in [6.45, 7) is 21.1. The van der Waals surface area contributed by atoms with E-state index in [2.05, 4.69) is 26.6 Å². The van der Waals surface area contributed by atoms with E-state index in [9.17, 15) is 65.9 Å². The topological polar surface area (TPSA) is 60.1 Å². The molecule has 3 aromatic carbocycles. The summed E-state index contributed by atoms with van der Waals surface area (Å²) in [5, 5.41) is 13.1. The summed E-state index contributed by atoms with van der Waals surface area (Å²) in [5.41, 5.74) is 1.96. The van der Waals surface area contributed by atoms with E-state index in [4.69, 9.17) is 0 Å². The molecular weight excluding hydrogens is 968 g/mol. The molecule has 5 N–H and O–H groups in total. The lowest BCUT2D eigenvalue weighted by molar-refractivity contribution is -0.159. The second-order valence-electron chi connectivity index (χ2n) is 19.4. The average molecular weight is 1040 g/mol. The van der Waals surface area contributed by atoms with Crippen LogP contribution in [0.2, 0.25) is 0 Å². The van der Waals surface area contributed by atoms with Crippen LogP contribution in [0, 0.1) is 25.5 Å². The first-order valence-corrected chi connectivity index (χ1v) is 23.7. The van der Waals surface area contributed by atoms with E-state index < -0.39 is 78.3 Å². The molecule has 5 nitrogen and oxygen atoms in total. The molecule has 2 fully saturated rings. The van der Waals surface area contributed by atoms with E-state index in [1.54, 1.807) is 78.8 Å². The summed E-state index contributed by atoms with van der Waals surface area (Å²) >= 11 is 0. The third-order valence-corrected chi connectivity index (χ3v) is 10.7. The Morgan fingerprint density at radius 1 is 0.437 bits per heavy atom. The number of aryl methyl sites for hydroxylation is 2. The van der Waals surface area contributed by atoms with Gasteiger partial charge in [-0.2, -0.15) is 39.5 Å². The second-order valence-corrected chi connectivity index (χ2v) is 19.4. The van der Waals surface area contributed by atoms with Crippen molar-refractivity contribution >= 4 is 0 Å². The van der Waals surface area contributed by atoms with Gasteiger partial charge in [-0.25, -0.2) is 26.3 Å². The maximum absolute atomic E-state index is 13.2. The Kier molecular flexibility index (Phi) is 26.5. The molecule has 0 spiro atoms. The van der Waals surface area contributed by atoms with Gasteiger partial charge in [0.1, 0.15) is 18.1 Å². The summed E-state index contributed by atoms with van der Waals surface area (Å²) in [5.74, 6) is -7.38. The monoisotopic (exact) mass is 1040 g/mol. The van der Waals surface area contributed by atoms with Crippen molar-refractivity contribution in [2.45, 2.75) is 212 Å². The van der Waals surface area contributed by atoms with Gasteiger partial charge in [-0.3, -0.25) is 0 Å². The highest BCUT2D eigenvalue weighted by Gasteiger charge is 2.48. The van der Waals surface area contributed by atoms with Crippen molar-refractivity contribution in [3.63, 3.8) is 0 Å². The number of halogens is 15. The van der Waals surface area contributed by atoms with Gasteiger partial charge >= 0.3 is 18.5 Å². The molecule has 0 heterocycles. The Labute approximate surface area is 410 Å². The molecule has 20 heteroatoms. The molecule has 0 aliphatic heterocycles.